The number of nitrogens with one attached hydrogen (secondary N) is 1. The fourth-order valence-electron chi connectivity index (χ4n) is 3.59. The summed E-state index contributed by atoms with van der Waals surface area (Å²) < 4.78 is 21.2. The van der Waals surface area contributed by atoms with Crippen LogP contribution in [0.5, 0.6) is 5.75 Å². The number of hydrogen-bond donors (Lipinski definition) is 1. The van der Waals surface area contributed by atoms with Gasteiger partial charge in [0, 0.05) is 29.5 Å². The van der Waals surface area contributed by atoms with Crippen LogP contribution in [-0.2, 0) is 22.6 Å². The summed E-state index contributed by atoms with van der Waals surface area (Å²) in [6.45, 7) is 3.83. The number of carbonyl (C=O) groups excluding carboxylic acids is 2. The number of aryl methyl sites for hydroxylation is 1. The second-order valence-electron chi connectivity index (χ2n) is 7.91. The van der Waals surface area contributed by atoms with E-state index in [9.17, 15) is 14.0 Å². The summed E-state index contributed by atoms with van der Waals surface area (Å²) in [6.07, 6.45) is 0.296. The molecule has 178 valence electrons. The van der Waals surface area contributed by atoms with Gasteiger partial charge >= 0.3 is 0 Å². The van der Waals surface area contributed by atoms with Crippen molar-refractivity contribution in [3.63, 3.8) is 0 Å². The number of hydrogen-bond acceptors (Lipinski definition) is 3. The molecule has 0 spiro atoms. The molecule has 3 rings (SSSR count). The van der Waals surface area contributed by atoms with E-state index in [0.29, 0.717) is 24.3 Å². The van der Waals surface area contributed by atoms with E-state index in [1.165, 1.54) is 11.0 Å². The molecule has 7 heteroatoms. The van der Waals surface area contributed by atoms with Crippen LogP contribution in [0.1, 0.15) is 23.6 Å². The lowest BCUT2D eigenvalue weighted by Gasteiger charge is -2.31. The fourth-order valence-corrected chi connectivity index (χ4v) is 3.84. The predicted octanol–water partition coefficient (Wildman–Crippen LogP) is 5.05. The Hall–Kier alpha value is -3.19. The minimum Gasteiger partial charge on any atom is -0.484 e. The van der Waals surface area contributed by atoms with Crippen molar-refractivity contribution >= 4 is 27.7 Å². The van der Waals surface area contributed by atoms with Gasteiger partial charge in [-0.15, -0.1) is 0 Å². The molecular weight excluding hydrogens is 499 g/mol. The minimum atomic E-state index is -0.829. The van der Waals surface area contributed by atoms with Gasteiger partial charge < -0.3 is 15.0 Å². The number of benzene rings is 3. The molecule has 34 heavy (non-hydrogen) atoms. The average molecular weight is 527 g/mol. The van der Waals surface area contributed by atoms with Crippen LogP contribution in [0.3, 0.4) is 0 Å². The lowest BCUT2D eigenvalue weighted by molar-refractivity contribution is -0.142. The van der Waals surface area contributed by atoms with Crippen molar-refractivity contribution in [2.24, 2.45) is 0 Å². The molecule has 3 aromatic rings. The van der Waals surface area contributed by atoms with Crippen LogP contribution in [0, 0.1) is 12.7 Å². The van der Waals surface area contributed by atoms with E-state index in [4.69, 9.17) is 4.74 Å². The zero-order valence-corrected chi connectivity index (χ0v) is 20.8. The molecule has 0 aliphatic carbocycles. The first-order chi connectivity index (χ1) is 16.4. The van der Waals surface area contributed by atoms with E-state index in [1.54, 1.807) is 24.3 Å². The average Bonchev–Trinajstić information content (AvgIpc) is 2.83. The van der Waals surface area contributed by atoms with Crippen LogP contribution < -0.4 is 10.1 Å². The number of likely N-dealkylation sites (N-methyl/N-ethyl adjacent to an activating group) is 1. The SMILES string of the molecule is CCNC(=O)[C@H](Cc1ccccc1)N(Cc1ccccc1F)C(=O)COc1ccc(Br)c(C)c1. The number of amides is 2. The van der Waals surface area contributed by atoms with Gasteiger partial charge in [-0.2, -0.15) is 0 Å². The van der Waals surface area contributed by atoms with Crippen molar-refractivity contribution in [2.75, 3.05) is 13.2 Å². The zero-order valence-electron chi connectivity index (χ0n) is 19.3. The molecule has 0 aliphatic heterocycles. The summed E-state index contributed by atoms with van der Waals surface area (Å²) in [4.78, 5) is 27.9. The monoisotopic (exact) mass is 526 g/mol. The summed E-state index contributed by atoms with van der Waals surface area (Å²) in [6, 6.07) is 20.3. The van der Waals surface area contributed by atoms with Crippen molar-refractivity contribution < 1.29 is 18.7 Å². The lowest BCUT2D eigenvalue weighted by Crippen LogP contribution is -2.51. The van der Waals surface area contributed by atoms with Gasteiger partial charge in [0.15, 0.2) is 6.61 Å². The number of rotatable bonds is 10. The molecule has 0 fully saturated rings. The van der Waals surface area contributed by atoms with Crippen LogP contribution >= 0.6 is 15.9 Å². The molecule has 0 unspecified atom stereocenters. The predicted molar refractivity (Wildman–Crippen MR) is 134 cm³/mol. The van der Waals surface area contributed by atoms with Crippen molar-refractivity contribution in [2.45, 2.75) is 32.9 Å². The van der Waals surface area contributed by atoms with Gasteiger partial charge in [0.2, 0.25) is 5.91 Å². The van der Waals surface area contributed by atoms with Crippen molar-refractivity contribution in [1.82, 2.24) is 10.2 Å². The number of carbonyl (C=O) groups is 2. The zero-order chi connectivity index (χ0) is 24.5. The quantitative estimate of drug-likeness (QED) is 0.402. The topological polar surface area (TPSA) is 58.6 Å². The molecule has 1 N–H and O–H groups in total. The molecule has 0 aliphatic rings. The van der Waals surface area contributed by atoms with E-state index < -0.39 is 17.8 Å². The van der Waals surface area contributed by atoms with E-state index in [1.807, 2.05) is 56.3 Å². The Labute approximate surface area is 208 Å². The number of ether oxygens (including phenoxy) is 1. The molecule has 0 heterocycles. The highest BCUT2D eigenvalue weighted by Crippen LogP contribution is 2.22. The Morgan fingerprint density at radius 2 is 1.76 bits per heavy atom. The van der Waals surface area contributed by atoms with Gasteiger partial charge in [-0.1, -0.05) is 64.5 Å². The van der Waals surface area contributed by atoms with Crippen LogP contribution in [0.2, 0.25) is 0 Å². The Bertz CT molecular complexity index is 1120. The lowest BCUT2D eigenvalue weighted by atomic mass is 10.0. The largest absolute Gasteiger partial charge is 0.484 e. The summed E-state index contributed by atoms with van der Waals surface area (Å²) in [7, 11) is 0. The standard InChI is InChI=1S/C27H28BrFN2O3/c1-3-30-27(33)25(16-20-9-5-4-6-10-20)31(17-21-11-7-8-12-24(21)29)26(32)18-34-22-13-14-23(28)19(2)15-22/h4-15,25H,3,16-18H2,1-2H3,(H,30,33)/t25-/m0/s1. The Morgan fingerprint density at radius 3 is 2.44 bits per heavy atom. The van der Waals surface area contributed by atoms with Crippen LogP contribution in [0.4, 0.5) is 4.39 Å². The van der Waals surface area contributed by atoms with Gasteiger partial charge in [-0.3, -0.25) is 9.59 Å². The fraction of sp³-hybridized carbons (Fsp3) is 0.259. The van der Waals surface area contributed by atoms with Crippen molar-refractivity contribution in [3.05, 3.63) is 99.8 Å². The second-order valence-corrected chi connectivity index (χ2v) is 8.77. The smallest absolute Gasteiger partial charge is 0.261 e. The molecule has 5 nitrogen and oxygen atoms in total. The van der Waals surface area contributed by atoms with Crippen LogP contribution in [0.15, 0.2) is 77.3 Å². The van der Waals surface area contributed by atoms with Gasteiger partial charge in [0.1, 0.15) is 17.6 Å². The maximum absolute atomic E-state index is 14.5. The van der Waals surface area contributed by atoms with Crippen molar-refractivity contribution in [1.29, 1.82) is 0 Å². The van der Waals surface area contributed by atoms with E-state index in [-0.39, 0.29) is 19.1 Å². The first kappa shape index (κ1) is 25.4. The first-order valence-corrected chi connectivity index (χ1v) is 11.9. The number of halogens is 2. The number of nitrogens with zero attached hydrogens (tertiary/aromatic N) is 1. The summed E-state index contributed by atoms with van der Waals surface area (Å²) in [5.74, 6) is -0.594. The molecule has 1 atom stereocenters. The summed E-state index contributed by atoms with van der Waals surface area (Å²) in [5, 5.41) is 2.82. The van der Waals surface area contributed by atoms with Crippen LogP contribution in [0.25, 0.3) is 0 Å². The maximum atomic E-state index is 14.5. The molecule has 3 aromatic carbocycles. The first-order valence-electron chi connectivity index (χ1n) is 11.1. The highest BCUT2D eigenvalue weighted by Gasteiger charge is 2.31. The van der Waals surface area contributed by atoms with Gasteiger partial charge in [0.25, 0.3) is 5.91 Å². The minimum absolute atomic E-state index is 0.0527. The highest BCUT2D eigenvalue weighted by atomic mass is 79.9. The third-order valence-corrected chi connectivity index (χ3v) is 6.30. The Balaban J connectivity index is 1.90. The summed E-state index contributed by atoms with van der Waals surface area (Å²) >= 11 is 3.45. The Kier molecular flexibility index (Phi) is 9.22. The molecular formula is C27H28BrFN2O3. The van der Waals surface area contributed by atoms with Gasteiger partial charge in [-0.25, -0.2) is 4.39 Å². The summed E-state index contributed by atoms with van der Waals surface area (Å²) in [5.41, 5.74) is 2.20. The molecule has 0 bridgehead atoms. The third kappa shape index (κ3) is 6.90. The van der Waals surface area contributed by atoms with Gasteiger partial charge in [-0.05, 0) is 49.2 Å². The van der Waals surface area contributed by atoms with Crippen molar-refractivity contribution in [3.8, 4) is 5.75 Å². The molecule has 0 saturated heterocycles. The molecule has 0 aromatic heterocycles. The normalized spacial score (nSPS) is 11.5. The second kappa shape index (κ2) is 12.3. The van der Waals surface area contributed by atoms with E-state index in [2.05, 4.69) is 21.2 Å². The molecule has 2 amide bonds. The highest BCUT2D eigenvalue weighted by molar-refractivity contribution is 9.10. The van der Waals surface area contributed by atoms with Gasteiger partial charge in [0.05, 0.1) is 0 Å². The maximum Gasteiger partial charge on any atom is 0.261 e. The Morgan fingerprint density at radius 1 is 1.06 bits per heavy atom. The molecule has 0 radical (unpaired) electrons. The van der Waals surface area contributed by atoms with E-state index >= 15 is 0 Å². The van der Waals surface area contributed by atoms with Crippen LogP contribution in [-0.4, -0.2) is 35.9 Å². The third-order valence-electron chi connectivity index (χ3n) is 5.41. The molecule has 0 saturated carbocycles. The van der Waals surface area contributed by atoms with E-state index in [0.717, 1.165) is 15.6 Å².